The van der Waals surface area contributed by atoms with Crippen LogP contribution in [-0.2, 0) is 11.3 Å². The number of anilines is 1. The van der Waals surface area contributed by atoms with Crippen molar-refractivity contribution in [2.75, 3.05) is 18.8 Å². The molecule has 0 atom stereocenters. The standard InChI is InChI=1S/C14H21N5O/c1-4-18(5-2)12(20)6-7-19-13-11(17-14(19)15)8-10(3)9-16-13/h8-9H,4-7H2,1-3H3,(H2,15,17). The number of pyridine rings is 1. The fourth-order valence-corrected chi connectivity index (χ4v) is 2.29. The molecule has 0 unspecified atom stereocenters. The third kappa shape index (κ3) is 2.74. The van der Waals surface area contributed by atoms with E-state index in [1.165, 1.54) is 0 Å². The molecule has 1 amide bonds. The quantitative estimate of drug-likeness (QED) is 0.898. The fourth-order valence-electron chi connectivity index (χ4n) is 2.29. The summed E-state index contributed by atoms with van der Waals surface area (Å²) in [4.78, 5) is 22.5. The highest BCUT2D eigenvalue weighted by molar-refractivity contribution is 5.77. The molecular formula is C14H21N5O. The summed E-state index contributed by atoms with van der Waals surface area (Å²) in [6.45, 7) is 7.89. The van der Waals surface area contributed by atoms with Gasteiger partial charge in [-0.2, -0.15) is 0 Å². The highest BCUT2D eigenvalue weighted by Crippen LogP contribution is 2.17. The Hall–Kier alpha value is -2.11. The average molecular weight is 275 g/mol. The minimum Gasteiger partial charge on any atom is -0.369 e. The highest BCUT2D eigenvalue weighted by atomic mass is 16.2. The van der Waals surface area contributed by atoms with E-state index in [0.29, 0.717) is 18.9 Å². The van der Waals surface area contributed by atoms with Crippen molar-refractivity contribution in [2.45, 2.75) is 33.7 Å². The van der Waals surface area contributed by atoms with Crippen molar-refractivity contribution < 1.29 is 4.79 Å². The number of fused-ring (bicyclic) bond motifs is 1. The summed E-state index contributed by atoms with van der Waals surface area (Å²) >= 11 is 0. The van der Waals surface area contributed by atoms with Crippen LogP contribution >= 0.6 is 0 Å². The molecule has 0 aliphatic rings. The molecule has 0 fully saturated rings. The van der Waals surface area contributed by atoms with Crippen LogP contribution < -0.4 is 5.73 Å². The molecular weight excluding hydrogens is 254 g/mol. The summed E-state index contributed by atoms with van der Waals surface area (Å²) < 4.78 is 1.80. The van der Waals surface area contributed by atoms with Crippen LogP contribution in [0.25, 0.3) is 11.2 Å². The normalized spacial score (nSPS) is 10.9. The van der Waals surface area contributed by atoms with Crippen LogP contribution in [0.1, 0.15) is 25.8 Å². The number of carbonyl (C=O) groups excluding carboxylic acids is 1. The van der Waals surface area contributed by atoms with Crippen LogP contribution in [-0.4, -0.2) is 38.4 Å². The molecule has 20 heavy (non-hydrogen) atoms. The van der Waals surface area contributed by atoms with Gasteiger partial charge in [0.1, 0.15) is 5.52 Å². The fraction of sp³-hybridized carbons (Fsp3) is 0.500. The number of nitrogen functional groups attached to an aromatic ring is 1. The molecule has 6 heteroatoms. The summed E-state index contributed by atoms with van der Waals surface area (Å²) in [5.74, 6) is 0.536. The minimum atomic E-state index is 0.128. The van der Waals surface area contributed by atoms with E-state index in [1.807, 2.05) is 31.7 Å². The number of aromatic nitrogens is 3. The van der Waals surface area contributed by atoms with Crippen LogP contribution in [0.15, 0.2) is 12.3 Å². The third-order valence-electron chi connectivity index (χ3n) is 3.42. The van der Waals surface area contributed by atoms with E-state index in [0.717, 1.165) is 29.8 Å². The number of carbonyl (C=O) groups is 1. The molecule has 2 heterocycles. The second-order valence-electron chi connectivity index (χ2n) is 4.79. The van der Waals surface area contributed by atoms with Gasteiger partial charge in [-0.15, -0.1) is 0 Å². The van der Waals surface area contributed by atoms with Crippen molar-refractivity contribution in [1.29, 1.82) is 0 Å². The molecule has 0 radical (unpaired) electrons. The maximum absolute atomic E-state index is 12.0. The van der Waals surface area contributed by atoms with E-state index < -0.39 is 0 Å². The Bertz CT molecular complexity index is 615. The third-order valence-corrected chi connectivity index (χ3v) is 3.42. The number of nitrogens with zero attached hydrogens (tertiary/aromatic N) is 4. The predicted octanol–water partition coefficient (Wildman–Crippen LogP) is 1.58. The zero-order valence-corrected chi connectivity index (χ0v) is 12.3. The molecule has 0 aliphatic heterocycles. The van der Waals surface area contributed by atoms with E-state index in [9.17, 15) is 4.79 Å². The van der Waals surface area contributed by atoms with Crippen molar-refractivity contribution in [3.63, 3.8) is 0 Å². The van der Waals surface area contributed by atoms with Crippen LogP contribution in [0.2, 0.25) is 0 Å². The number of imidazole rings is 1. The van der Waals surface area contributed by atoms with Gasteiger partial charge in [0.05, 0.1) is 0 Å². The van der Waals surface area contributed by atoms with Crippen molar-refractivity contribution in [3.8, 4) is 0 Å². The number of rotatable bonds is 5. The Morgan fingerprint density at radius 3 is 2.75 bits per heavy atom. The van der Waals surface area contributed by atoms with Gasteiger partial charge in [-0.1, -0.05) is 0 Å². The molecule has 2 N–H and O–H groups in total. The van der Waals surface area contributed by atoms with E-state index in [-0.39, 0.29) is 5.91 Å². The lowest BCUT2D eigenvalue weighted by Gasteiger charge is -2.18. The van der Waals surface area contributed by atoms with Crippen LogP contribution in [0.3, 0.4) is 0 Å². The molecule has 0 spiro atoms. The van der Waals surface area contributed by atoms with Gasteiger partial charge in [0, 0.05) is 32.3 Å². The SMILES string of the molecule is CCN(CC)C(=O)CCn1c(N)nc2cc(C)cnc21. The molecule has 6 nitrogen and oxygen atoms in total. The summed E-state index contributed by atoms with van der Waals surface area (Å²) in [6.07, 6.45) is 2.19. The molecule has 2 rings (SSSR count). The molecule has 108 valence electrons. The Labute approximate surface area is 118 Å². The van der Waals surface area contributed by atoms with Gasteiger partial charge in [0.15, 0.2) is 5.65 Å². The Kier molecular flexibility index (Phi) is 4.22. The predicted molar refractivity (Wildman–Crippen MR) is 79.2 cm³/mol. The first kappa shape index (κ1) is 14.3. The van der Waals surface area contributed by atoms with Gasteiger partial charge in [-0.25, -0.2) is 9.97 Å². The molecule has 2 aromatic heterocycles. The summed E-state index contributed by atoms with van der Waals surface area (Å²) in [5.41, 5.74) is 8.47. The monoisotopic (exact) mass is 275 g/mol. The van der Waals surface area contributed by atoms with Crippen LogP contribution in [0.5, 0.6) is 0 Å². The van der Waals surface area contributed by atoms with Crippen molar-refractivity contribution >= 4 is 23.0 Å². The van der Waals surface area contributed by atoms with E-state index >= 15 is 0 Å². The van der Waals surface area contributed by atoms with E-state index in [1.54, 1.807) is 10.8 Å². The van der Waals surface area contributed by atoms with Crippen LogP contribution in [0, 0.1) is 6.92 Å². The van der Waals surface area contributed by atoms with Crippen LogP contribution in [0.4, 0.5) is 5.95 Å². The molecule has 0 aromatic carbocycles. The van der Waals surface area contributed by atoms with Gasteiger partial charge >= 0.3 is 0 Å². The van der Waals surface area contributed by atoms with Crippen molar-refractivity contribution in [2.24, 2.45) is 0 Å². The lowest BCUT2D eigenvalue weighted by molar-refractivity contribution is -0.131. The number of aryl methyl sites for hydroxylation is 2. The molecule has 0 saturated carbocycles. The van der Waals surface area contributed by atoms with Crippen molar-refractivity contribution in [1.82, 2.24) is 19.4 Å². The van der Waals surface area contributed by atoms with E-state index in [2.05, 4.69) is 9.97 Å². The van der Waals surface area contributed by atoms with Crippen molar-refractivity contribution in [3.05, 3.63) is 17.8 Å². The first-order valence-electron chi connectivity index (χ1n) is 6.93. The Morgan fingerprint density at radius 1 is 1.40 bits per heavy atom. The number of amides is 1. The van der Waals surface area contributed by atoms with Gasteiger partial charge in [-0.05, 0) is 32.4 Å². The summed E-state index contributed by atoms with van der Waals surface area (Å²) in [7, 11) is 0. The minimum absolute atomic E-state index is 0.128. The largest absolute Gasteiger partial charge is 0.369 e. The second kappa shape index (κ2) is 5.90. The lowest BCUT2D eigenvalue weighted by atomic mass is 10.3. The highest BCUT2D eigenvalue weighted by Gasteiger charge is 2.13. The zero-order chi connectivity index (χ0) is 14.7. The zero-order valence-electron chi connectivity index (χ0n) is 12.3. The molecule has 0 saturated heterocycles. The number of hydrogen-bond donors (Lipinski definition) is 1. The smallest absolute Gasteiger partial charge is 0.224 e. The Balaban J connectivity index is 2.18. The molecule has 0 bridgehead atoms. The summed E-state index contributed by atoms with van der Waals surface area (Å²) in [5, 5.41) is 0. The summed E-state index contributed by atoms with van der Waals surface area (Å²) in [6, 6.07) is 1.95. The topological polar surface area (TPSA) is 77.0 Å². The van der Waals surface area contributed by atoms with Gasteiger partial charge < -0.3 is 10.6 Å². The lowest BCUT2D eigenvalue weighted by Crippen LogP contribution is -2.31. The van der Waals surface area contributed by atoms with Gasteiger partial charge in [0.2, 0.25) is 11.9 Å². The molecule has 2 aromatic rings. The van der Waals surface area contributed by atoms with E-state index in [4.69, 9.17) is 5.73 Å². The second-order valence-corrected chi connectivity index (χ2v) is 4.79. The average Bonchev–Trinajstić information content (AvgIpc) is 2.72. The first-order chi connectivity index (χ1) is 9.56. The Morgan fingerprint density at radius 2 is 2.10 bits per heavy atom. The first-order valence-corrected chi connectivity index (χ1v) is 6.93. The number of nitrogens with two attached hydrogens (primary N) is 1. The van der Waals surface area contributed by atoms with Gasteiger partial charge in [0.25, 0.3) is 0 Å². The number of hydrogen-bond acceptors (Lipinski definition) is 4. The maximum Gasteiger partial charge on any atom is 0.224 e. The molecule has 0 aliphatic carbocycles. The maximum atomic E-state index is 12.0. The van der Waals surface area contributed by atoms with Gasteiger partial charge in [-0.3, -0.25) is 9.36 Å².